The average molecular weight is 230 g/mol. The van der Waals surface area contributed by atoms with E-state index in [4.69, 9.17) is 4.74 Å². The van der Waals surface area contributed by atoms with E-state index in [-0.39, 0.29) is 0 Å². The van der Waals surface area contributed by atoms with E-state index in [1.165, 1.54) is 6.42 Å². The molecule has 98 valence electrons. The Hall–Kier alpha value is -0.120. The topological polar surface area (TPSA) is 24.5 Å². The van der Waals surface area contributed by atoms with E-state index in [1.807, 2.05) is 6.92 Å². The minimum absolute atomic E-state index is 0.372. The molecule has 1 unspecified atom stereocenters. The standard InChI is InChI=1S/C13H30N2O/c1-6-13(4,11-14-7-2)12-15(5)9-10-16-8-3/h14H,6-12H2,1-5H3. The number of nitrogens with zero attached hydrogens (tertiary/aromatic N) is 1. The third-order valence-corrected chi connectivity index (χ3v) is 3.13. The summed E-state index contributed by atoms with van der Waals surface area (Å²) >= 11 is 0. The van der Waals surface area contributed by atoms with Crippen LogP contribution in [0.3, 0.4) is 0 Å². The minimum Gasteiger partial charge on any atom is -0.380 e. The summed E-state index contributed by atoms with van der Waals surface area (Å²) < 4.78 is 5.38. The van der Waals surface area contributed by atoms with Gasteiger partial charge in [0, 0.05) is 26.2 Å². The lowest BCUT2D eigenvalue weighted by Crippen LogP contribution is -2.41. The maximum atomic E-state index is 5.38. The molecule has 0 aromatic heterocycles. The van der Waals surface area contributed by atoms with Crippen molar-refractivity contribution in [2.45, 2.75) is 34.1 Å². The predicted molar refractivity (Wildman–Crippen MR) is 70.9 cm³/mol. The van der Waals surface area contributed by atoms with Crippen LogP contribution in [0.2, 0.25) is 0 Å². The summed E-state index contributed by atoms with van der Waals surface area (Å²) in [5.74, 6) is 0. The van der Waals surface area contributed by atoms with Gasteiger partial charge in [0.05, 0.1) is 6.61 Å². The van der Waals surface area contributed by atoms with Crippen LogP contribution < -0.4 is 5.32 Å². The van der Waals surface area contributed by atoms with Crippen molar-refractivity contribution < 1.29 is 4.74 Å². The molecular formula is C13H30N2O. The summed E-state index contributed by atoms with van der Waals surface area (Å²) in [6.45, 7) is 14.8. The molecule has 0 saturated carbocycles. The molecule has 0 aliphatic carbocycles. The van der Waals surface area contributed by atoms with Crippen LogP contribution in [0.5, 0.6) is 0 Å². The van der Waals surface area contributed by atoms with Gasteiger partial charge >= 0.3 is 0 Å². The summed E-state index contributed by atoms with van der Waals surface area (Å²) in [6.07, 6.45) is 1.21. The van der Waals surface area contributed by atoms with Crippen LogP contribution in [0.4, 0.5) is 0 Å². The Balaban J connectivity index is 3.89. The van der Waals surface area contributed by atoms with Gasteiger partial charge in [-0.05, 0) is 32.4 Å². The van der Waals surface area contributed by atoms with Crippen LogP contribution >= 0.6 is 0 Å². The SMILES string of the molecule is CCNCC(C)(CC)CN(C)CCOCC. The fourth-order valence-electron chi connectivity index (χ4n) is 1.81. The lowest BCUT2D eigenvalue weighted by Gasteiger charge is -2.33. The van der Waals surface area contributed by atoms with E-state index in [9.17, 15) is 0 Å². The van der Waals surface area contributed by atoms with Crippen molar-refractivity contribution in [2.75, 3.05) is 46.4 Å². The molecule has 0 aliphatic heterocycles. The number of hydrogen-bond donors (Lipinski definition) is 1. The van der Waals surface area contributed by atoms with Crippen molar-refractivity contribution in [3.8, 4) is 0 Å². The van der Waals surface area contributed by atoms with Crippen molar-refractivity contribution in [1.29, 1.82) is 0 Å². The van der Waals surface area contributed by atoms with Crippen LogP contribution in [0, 0.1) is 5.41 Å². The van der Waals surface area contributed by atoms with Gasteiger partial charge in [0.1, 0.15) is 0 Å². The Morgan fingerprint density at radius 3 is 2.44 bits per heavy atom. The van der Waals surface area contributed by atoms with Crippen LogP contribution in [0.25, 0.3) is 0 Å². The van der Waals surface area contributed by atoms with Gasteiger partial charge in [-0.3, -0.25) is 0 Å². The van der Waals surface area contributed by atoms with Gasteiger partial charge in [0.2, 0.25) is 0 Å². The van der Waals surface area contributed by atoms with E-state index >= 15 is 0 Å². The first-order valence-electron chi connectivity index (χ1n) is 6.55. The fraction of sp³-hybridized carbons (Fsp3) is 1.00. The van der Waals surface area contributed by atoms with Crippen LogP contribution in [-0.2, 0) is 4.74 Å². The highest BCUT2D eigenvalue weighted by atomic mass is 16.5. The summed E-state index contributed by atoms with van der Waals surface area (Å²) in [5.41, 5.74) is 0.372. The third kappa shape index (κ3) is 7.20. The van der Waals surface area contributed by atoms with Gasteiger partial charge in [-0.15, -0.1) is 0 Å². The summed E-state index contributed by atoms with van der Waals surface area (Å²) in [4.78, 5) is 2.37. The van der Waals surface area contributed by atoms with Crippen molar-refractivity contribution >= 4 is 0 Å². The molecule has 16 heavy (non-hydrogen) atoms. The van der Waals surface area contributed by atoms with E-state index < -0.39 is 0 Å². The van der Waals surface area contributed by atoms with Gasteiger partial charge in [-0.2, -0.15) is 0 Å². The zero-order chi connectivity index (χ0) is 12.4. The van der Waals surface area contributed by atoms with Crippen LogP contribution in [-0.4, -0.2) is 51.3 Å². The molecule has 0 saturated heterocycles. The van der Waals surface area contributed by atoms with E-state index in [2.05, 4.69) is 38.0 Å². The number of likely N-dealkylation sites (N-methyl/N-ethyl adjacent to an activating group) is 1. The maximum absolute atomic E-state index is 5.38. The molecular weight excluding hydrogens is 200 g/mol. The fourth-order valence-corrected chi connectivity index (χ4v) is 1.81. The molecule has 3 heteroatoms. The van der Waals surface area contributed by atoms with E-state index in [1.54, 1.807) is 0 Å². The molecule has 0 radical (unpaired) electrons. The van der Waals surface area contributed by atoms with Crippen molar-refractivity contribution in [1.82, 2.24) is 10.2 Å². The molecule has 0 rings (SSSR count). The van der Waals surface area contributed by atoms with E-state index in [0.29, 0.717) is 5.41 Å². The Labute approximate surface area is 102 Å². The molecule has 0 aromatic carbocycles. The van der Waals surface area contributed by atoms with Crippen LogP contribution in [0.1, 0.15) is 34.1 Å². The molecule has 3 nitrogen and oxygen atoms in total. The van der Waals surface area contributed by atoms with Crippen molar-refractivity contribution in [2.24, 2.45) is 5.41 Å². The average Bonchev–Trinajstić information content (AvgIpc) is 2.27. The number of hydrogen-bond acceptors (Lipinski definition) is 3. The molecule has 1 N–H and O–H groups in total. The molecule has 1 atom stereocenters. The van der Waals surface area contributed by atoms with Gasteiger partial charge in [-0.25, -0.2) is 0 Å². The highest BCUT2D eigenvalue weighted by Crippen LogP contribution is 2.20. The quantitative estimate of drug-likeness (QED) is 0.581. The molecule has 0 spiro atoms. The highest BCUT2D eigenvalue weighted by molar-refractivity contribution is 4.78. The predicted octanol–water partition coefficient (Wildman–Crippen LogP) is 1.98. The minimum atomic E-state index is 0.372. The second-order valence-corrected chi connectivity index (χ2v) is 4.88. The number of ether oxygens (including phenoxy) is 1. The maximum Gasteiger partial charge on any atom is 0.0593 e. The molecule has 0 heterocycles. The zero-order valence-corrected chi connectivity index (χ0v) is 11.8. The second kappa shape index (κ2) is 8.97. The monoisotopic (exact) mass is 230 g/mol. The normalized spacial score (nSPS) is 15.4. The number of rotatable bonds is 10. The highest BCUT2D eigenvalue weighted by Gasteiger charge is 2.23. The third-order valence-electron chi connectivity index (χ3n) is 3.13. The first kappa shape index (κ1) is 15.9. The first-order valence-corrected chi connectivity index (χ1v) is 6.55. The lowest BCUT2D eigenvalue weighted by atomic mass is 9.87. The Bertz CT molecular complexity index is 164. The van der Waals surface area contributed by atoms with Gasteiger partial charge in [0.15, 0.2) is 0 Å². The van der Waals surface area contributed by atoms with Gasteiger partial charge in [-0.1, -0.05) is 20.8 Å². The number of nitrogens with one attached hydrogen (secondary N) is 1. The van der Waals surface area contributed by atoms with E-state index in [0.717, 1.165) is 39.4 Å². The molecule has 0 aromatic rings. The van der Waals surface area contributed by atoms with Gasteiger partial charge < -0.3 is 15.0 Å². The Kier molecular flexibility index (Phi) is 8.90. The first-order chi connectivity index (χ1) is 7.58. The summed E-state index contributed by atoms with van der Waals surface area (Å²) in [5, 5.41) is 3.45. The van der Waals surface area contributed by atoms with Gasteiger partial charge in [0.25, 0.3) is 0 Å². The summed E-state index contributed by atoms with van der Waals surface area (Å²) in [6, 6.07) is 0. The molecule has 0 fully saturated rings. The lowest BCUT2D eigenvalue weighted by molar-refractivity contribution is 0.102. The Morgan fingerprint density at radius 2 is 1.94 bits per heavy atom. The largest absolute Gasteiger partial charge is 0.380 e. The second-order valence-electron chi connectivity index (χ2n) is 4.88. The van der Waals surface area contributed by atoms with Crippen molar-refractivity contribution in [3.63, 3.8) is 0 Å². The molecule has 0 amide bonds. The van der Waals surface area contributed by atoms with Crippen molar-refractivity contribution in [3.05, 3.63) is 0 Å². The smallest absolute Gasteiger partial charge is 0.0593 e. The molecule has 0 bridgehead atoms. The zero-order valence-electron chi connectivity index (χ0n) is 11.8. The summed E-state index contributed by atoms with van der Waals surface area (Å²) in [7, 11) is 2.18. The Morgan fingerprint density at radius 1 is 1.25 bits per heavy atom. The molecule has 0 aliphatic rings. The van der Waals surface area contributed by atoms with Crippen LogP contribution in [0.15, 0.2) is 0 Å².